The van der Waals surface area contributed by atoms with Gasteiger partial charge in [0.25, 0.3) is 0 Å². The van der Waals surface area contributed by atoms with E-state index in [-0.39, 0.29) is 18.0 Å². The molecule has 0 unspecified atom stereocenters. The van der Waals surface area contributed by atoms with Crippen LogP contribution in [-0.4, -0.2) is 43.5 Å². The molecule has 0 heterocycles. The molecule has 0 spiro atoms. The smallest absolute Gasteiger partial charge is 0.319 e. The second-order valence-electron chi connectivity index (χ2n) is 8.89. The van der Waals surface area contributed by atoms with Gasteiger partial charge in [0.1, 0.15) is 0 Å². The molecule has 0 fully saturated rings. The van der Waals surface area contributed by atoms with Gasteiger partial charge in [-0.3, -0.25) is 4.79 Å². The molecule has 1 aromatic rings. The summed E-state index contributed by atoms with van der Waals surface area (Å²) in [6.45, 7) is 15.2. The second-order valence-corrected chi connectivity index (χ2v) is 8.89. The Kier molecular flexibility index (Phi) is 8.33. The summed E-state index contributed by atoms with van der Waals surface area (Å²) in [7, 11) is 3.97. The maximum atomic E-state index is 13.2. The highest BCUT2D eigenvalue weighted by molar-refractivity contribution is 5.89. The standard InChI is InChI=1S/C22H38N4O2/c1-10-23-21(28)24-18-11-12-19(25(8)9)17(13-18)14-26(16(4)15(2)3)20(27)22(5,6)7/h11-13,15-16H,10,14H2,1-9H3,(H2,23,24,28)/t16-/m1/s1. The Hall–Kier alpha value is -2.24. The number of hydrogen-bond donors (Lipinski definition) is 2. The SMILES string of the molecule is CCNC(=O)Nc1ccc(N(C)C)c(CN(C(=O)C(C)(C)C)[C@H](C)C(C)C)c1. The van der Waals surface area contributed by atoms with Gasteiger partial charge < -0.3 is 20.4 Å². The Labute approximate surface area is 170 Å². The predicted molar refractivity (Wildman–Crippen MR) is 118 cm³/mol. The number of rotatable bonds is 7. The lowest BCUT2D eigenvalue weighted by atomic mass is 9.92. The van der Waals surface area contributed by atoms with Crippen LogP contribution in [0, 0.1) is 11.3 Å². The molecule has 0 aliphatic heterocycles. The zero-order valence-electron chi connectivity index (χ0n) is 19.0. The topological polar surface area (TPSA) is 64.7 Å². The number of carbonyl (C=O) groups is 2. The van der Waals surface area contributed by atoms with Crippen molar-refractivity contribution in [3.63, 3.8) is 0 Å². The highest BCUT2D eigenvalue weighted by atomic mass is 16.2. The first kappa shape index (κ1) is 23.8. The lowest BCUT2D eigenvalue weighted by molar-refractivity contribution is -0.143. The molecule has 28 heavy (non-hydrogen) atoms. The Bertz CT molecular complexity index is 678. The van der Waals surface area contributed by atoms with Crippen LogP contribution < -0.4 is 15.5 Å². The summed E-state index contributed by atoms with van der Waals surface area (Å²) in [5, 5.41) is 5.60. The van der Waals surface area contributed by atoms with Gasteiger partial charge in [-0.15, -0.1) is 0 Å². The first-order chi connectivity index (χ1) is 12.9. The van der Waals surface area contributed by atoms with Crippen LogP contribution in [0.15, 0.2) is 18.2 Å². The van der Waals surface area contributed by atoms with E-state index >= 15 is 0 Å². The number of hydrogen-bond acceptors (Lipinski definition) is 3. The maximum absolute atomic E-state index is 13.2. The lowest BCUT2D eigenvalue weighted by Gasteiger charge is -2.37. The van der Waals surface area contributed by atoms with Crippen molar-refractivity contribution in [1.82, 2.24) is 10.2 Å². The molecular formula is C22H38N4O2. The van der Waals surface area contributed by atoms with E-state index in [9.17, 15) is 9.59 Å². The van der Waals surface area contributed by atoms with Crippen LogP contribution in [0.4, 0.5) is 16.2 Å². The number of anilines is 2. The third-order valence-corrected chi connectivity index (χ3v) is 4.86. The van der Waals surface area contributed by atoms with Crippen LogP contribution in [-0.2, 0) is 11.3 Å². The molecule has 0 aliphatic carbocycles. The van der Waals surface area contributed by atoms with Gasteiger partial charge in [-0.2, -0.15) is 0 Å². The van der Waals surface area contributed by atoms with Gasteiger partial charge in [-0.1, -0.05) is 34.6 Å². The molecule has 1 rings (SSSR count). The van der Waals surface area contributed by atoms with Crippen LogP contribution in [0.2, 0.25) is 0 Å². The fourth-order valence-electron chi connectivity index (χ4n) is 2.94. The summed E-state index contributed by atoms with van der Waals surface area (Å²) in [6.07, 6.45) is 0. The van der Waals surface area contributed by atoms with E-state index in [1.807, 2.05) is 69.8 Å². The van der Waals surface area contributed by atoms with Crippen molar-refractivity contribution in [3.05, 3.63) is 23.8 Å². The summed E-state index contributed by atoms with van der Waals surface area (Å²) in [5.41, 5.74) is 2.29. The number of benzene rings is 1. The molecule has 0 radical (unpaired) electrons. The molecule has 6 heteroatoms. The molecule has 158 valence electrons. The molecule has 1 atom stereocenters. The van der Waals surface area contributed by atoms with Crippen LogP contribution in [0.5, 0.6) is 0 Å². The highest BCUT2D eigenvalue weighted by Crippen LogP contribution is 2.29. The fourth-order valence-corrected chi connectivity index (χ4v) is 2.94. The first-order valence-electron chi connectivity index (χ1n) is 10.0. The fraction of sp³-hybridized carbons (Fsp3) is 0.636. The minimum absolute atomic E-state index is 0.0988. The molecule has 2 N–H and O–H groups in total. The van der Waals surface area contributed by atoms with Crippen molar-refractivity contribution in [3.8, 4) is 0 Å². The van der Waals surface area contributed by atoms with E-state index in [2.05, 4.69) is 31.4 Å². The molecule has 0 aromatic heterocycles. The van der Waals surface area contributed by atoms with Crippen molar-refractivity contribution >= 4 is 23.3 Å². The second kappa shape index (κ2) is 9.80. The molecular weight excluding hydrogens is 352 g/mol. The van der Waals surface area contributed by atoms with Crippen molar-refractivity contribution in [1.29, 1.82) is 0 Å². The van der Waals surface area contributed by atoms with Crippen molar-refractivity contribution in [2.45, 2.75) is 61.1 Å². The highest BCUT2D eigenvalue weighted by Gasteiger charge is 2.32. The Morgan fingerprint density at radius 2 is 1.71 bits per heavy atom. The molecule has 0 aliphatic rings. The van der Waals surface area contributed by atoms with E-state index in [1.54, 1.807) is 0 Å². The molecule has 0 saturated carbocycles. The van der Waals surface area contributed by atoms with Gasteiger partial charge >= 0.3 is 6.03 Å². The van der Waals surface area contributed by atoms with E-state index in [0.717, 1.165) is 11.3 Å². The van der Waals surface area contributed by atoms with Gasteiger partial charge in [-0.05, 0) is 43.5 Å². The van der Waals surface area contributed by atoms with Crippen LogP contribution in [0.25, 0.3) is 0 Å². The number of urea groups is 1. The normalized spacial score (nSPS) is 12.5. The van der Waals surface area contributed by atoms with Gasteiger partial charge in [0, 0.05) is 50.0 Å². The number of carbonyl (C=O) groups excluding carboxylic acids is 2. The van der Waals surface area contributed by atoms with E-state index in [1.165, 1.54) is 0 Å². The molecule has 0 saturated heterocycles. The average Bonchev–Trinajstić information content (AvgIpc) is 2.57. The summed E-state index contributed by atoms with van der Waals surface area (Å²) in [5.74, 6) is 0.464. The summed E-state index contributed by atoms with van der Waals surface area (Å²) in [4.78, 5) is 29.1. The maximum Gasteiger partial charge on any atom is 0.319 e. The molecule has 0 bridgehead atoms. The zero-order valence-corrected chi connectivity index (χ0v) is 19.0. The molecule has 3 amide bonds. The van der Waals surface area contributed by atoms with Crippen LogP contribution in [0.3, 0.4) is 0 Å². The predicted octanol–water partition coefficient (Wildman–Crippen LogP) is 4.31. The lowest BCUT2D eigenvalue weighted by Crippen LogP contribution is -2.46. The van der Waals surface area contributed by atoms with Crippen LogP contribution >= 0.6 is 0 Å². The minimum Gasteiger partial charge on any atom is -0.377 e. The Morgan fingerprint density at radius 3 is 2.18 bits per heavy atom. The molecule has 1 aromatic carbocycles. The average molecular weight is 391 g/mol. The summed E-state index contributed by atoms with van der Waals surface area (Å²) >= 11 is 0. The number of nitrogens with one attached hydrogen (secondary N) is 2. The van der Waals surface area contributed by atoms with E-state index in [4.69, 9.17) is 0 Å². The van der Waals surface area contributed by atoms with Gasteiger partial charge in [0.2, 0.25) is 5.91 Å². The van der Waals surface area contributed by atoms with E-state index < -0.39 is 5.41 Å². The van der Waals surface area contributed by atoms with Crippen molar-refractivity contribution < 1.29 is 9.59 Å². The minimum atomic E-state index is -0.460. The zero-order chi connectivity index (χ0) is 21.6. The Balaban J connectivity index is 3.31. The number of amides is 3. The first-order valence-corrected chi connectivity index (χ1v) is 10.0. The summed E-state index contributed by atoms with van der Waals surface area (Å²) < 4.78 is 0. The third kappa shape index (κ3) is 6.43. The van der Waals surface area contributed by atoms with Gasteiger partial charge in [0.15, 0.2) is 0 Å². The summed E-state index contributed by atoms with van der Waals surface area (Å²) in [6, 6.07) is 5.69. The molecule has 6 nitrogen and oxygen atoms in total. The van der Waals surface area contributed by atoms with E-state index in [0.29, 0.717) is 24.7 Å². The third-order valence-electron chi connectivity index (χ3n) is 4.86. The van der Waals surface area contributed by atoms with Crippen LogP contribution in [0.1, 0.15) is 54.0 Å². The Morgan fingerprint density at radius 1 is 1.11 bits per heavy atom. The quantitative estimate of drug-likeness (QED) is 0.729. The van der Waals surface area contributed by atoms with Crippen molar-refractivity contribution in [2.75, 3.05) is 30.9 Å². The monoisotopic (exact) mass is 390 g/mol. The van der Waals surface area contributed by atoms with Gasteiger partial charge in [-0.25, -0.2) is 4.79 Å². The van der Waals surface area contributed by atoms with Crippen molar-refractivity contribution in [2.24, 2.45) is 11.3 Å². The largest absolute Gasteiger partial charge is 0.377 e. The van der Waals surface area contributed by atoms with Gasteiger partial charge in [0.05, 0.1) is 0 Å². The number of nitrogens with zero attached hydrogens (tertiary/aromatic N) is 2.